The maximum absolute atomic E-state index is 13.8. The molecule has 9 nitrogen and oxygen atoms in total. The van der Waals surface area contributed by atoms with Crippen LogP contribution in [0.25, 0.3) is 11.1 Å². The number of carbonyl (C=O) groups excluding carboxylic acids is 2. The van der Waals surface area contributed by atoms with Crippen LogP contribution in [0.3, 0.4) is 0 Å². The zero-order valence-electron chi connectivity index (χ0n) is 22.9. The molecule has 2 amide bonds. The van der Waals surface area contributed by atoms with Crippen molar-refractivity contribution >= 4 is 18.2 Å². The van der Waals surface area contributed by atoms with Crippen molar-refractivity contribution in [3.63, 3.8) is 0 Å². The molecule has 0 spiro atoms. The van der Waals surface area contributed by atoms with Gasteiger partial charge >= 0.3 is 18.2 Å². The third kappa shape index (κ3) is 5.07. The Bertz CT molecular complexity index is 1230. The summed E-state index contributed by atoms with van der Waals surface area (Å²) in [4.78, 5) is 41.7. The van der Waals surface area contributed by atoms with E-state index in [0.29, 0.717) is 19.6 Å². The molecule has 2 fully saturated rings. The van der Waals surface area contributed by atoms with E-state index < -0.39 is 34.7 Å². The van der Waals surface area contributed by atoms with Gasteiger partial charge in [0.25, 0.3) is 0 Å². The Morgan fingerprint density at radius 2 is 1.64 bits per heavy atom. The number of carboxylic acid groups (broad SMARTS) is 1. The highest BCUT2D eigenvalue weighted by Crippen LogP contribution is 2.45. The Morgan fingerprint density at radius 1 is 1.05 bits per heavy atom. The number of benzene rings is 2. The molecule has 0 aromatic heterocycles. The van der Waals surface area contributed by atoms with Crippen LogP contribution < -0.4 is 0 Å². The molecule has 0 bridgehead atoms. The highest BCUT2D eigenvalue weighted by Gasteiger charge is 2.60. The van der Waals surface area contributed by atoms with Gasteiger partial charge in [0.15, 0.2) is 5.54 Å². The number of hydrogen-bond donors (Lipinski definition) is 1. The van der Waals surface area contributed by atoms with Crippen LogP contribution >= 0.6 is 0 Å². The Morgan fingerprint density at radius 3 is 2.15 bits per heavy atom. The molecule has 208 valence electrons. The molecule has 0 radical (unpaired) electrons. The summed E-state index contributed by atoms with van der Waals surface area (Å²) in [6.45, 7) is 8.02. The number of likely N-dealkylation sites (tertiary alicyclic amines) is 1. The fourth-order valence-corrected chi connectivity index (χ4v) is 5.74. The lowest BCUT2D eigenvalue weighted by atomic mass is 9.83. The predicted octanol–water partition coefficient (Wildman–Crippen LogP) is 4.74. The minimum absolute atomic E-state index is 0.0715. The van der Waals surface area contributed by atoms with Crippen molar-refractivity contribution in [2.24, 2.45) is 5.41 Å². The number of amides is 2. The van der Waals surface area contributed by atoms with E-state index in [9.17, 15) is 19.5 Å². The van der Waals surface area contributed by atoms with Gasteiger partial charge in [-0.2, -0.15) is 0 Å². The molecule has 2 aliphatic heterocycles. The Labute approximate surface area is 228 Å². The van der Waals surface area contributed by atoms with Crippen molar-refractivity contribution < 1.29 is 33.7 Å². The number of aliphatic carboxylic acids is 1. The SMILES string of the molecule is CC1(CN(C(=O)OCC2c3ccccc3-c3ccccc32)C2(C(=O)O)CN(C(=O)OC(C)(C)C)C2)CCOC1. The molecule has 2 saturated heterocycles. The largest absolute Gasteiger partial charge is 0.479 e. The lowest BCUT2D eigenvalue weighted by Crippen LogP contribution is -2.77. The Balaban J connectivity index is 1.38. The summed E-state index contributed by atoms with van der Waals surface area (Å²) in [7, 11) is 0. The number of rotatable bonds is 6. The predicted molar refractivity (Wildman–Crippen MR) is 143 cm³/mol. The molecule has 2 aromatic carbocycles. The van der Waals surface area contributed by atoms with Crippen molar-refractivity contribution in [3.8, 4) is 11.1 Å². The topological polar surface area (TPSA) is 106 Å². The van der Waals surface area contributed by atoms with Crippen LogP contribution in [0.2, 0.25) is 0 Å². The third-order valence-electron chi connectivity index (χ3n) is 7.87. The van der Waals surface area contributed by atoms with Gasteiger partial charge in [-0.25, -0.2) is 14.4 Å². The number of nitrogens with zero attached hydrogens (tertiary/aromatic N) is 2. The van der Waals surface area contributed by atoms with E-state index in [0.717, 1.165) is 22.3 Å². The van der Waals surface area contributed by atoms with Crippen LogP contribution in [-0.2, 0) is 19.0 Å². The van der Waals surface area contributed by atoms with Crippen molar-refractivity contribution in [1.82, 2.24) is 9.80 Å². The Hall–Kier alpha value is -3.59. The van der Waals surface area contributed by atoms with Crippen LogP contribution in [0.1, 0.15) is 51.2 Å². The fraction of sp³-hybridized carbons (Fsp3) is 0.500. The summed E-state index contributed by atoms with van der Waals surface area (Å²) in [5.74, 6) is -1.34. The molecule has 2 heterocycles. The zero-order valence-corrected chi connectivity index (χ0v) is 22.9. The van der Waals surface area contributed by atoms with E-state index in [1.807, 2.05) is 43.3 Å². The maximum atomic E-state index is 13.8. The molecule has 9 heteroatoms. The van der Waals surface area contributed by atoms with Gasteiger partial charge in [-0.15, -0.1) is 0 Å². The highest BCUT2D eigenvalue weighted by atomic mass is 16.6. The summed E-state index contributed by atoms with van der Waals surface area (Å²) < 4.78 is 16.9. The van der Waals surface area contributed by atoms with E-state index in [-0.39, 0.29) is 32.2 Å². The van der Waals surface area contributed by atoms with Crippen LogP contribution in [0, 0.1) is 5.41 Å². The van der Waals surface area contributed by atoms with E-state index in [2.05, 4.69) is 12.1 Å². The average molecular weight is 537 g/mol. The molecule has 39 heavy (non-hydrogen) atoms. The summed E-state index contributed by atoms with van der Waals surface area (Å²) in [5, 5.41) is 10.4. The summed E-state index contributed by atoms with van der Waals surface area (Å²) in [5.41, 5.74) is 1.58. The monoisotopic (exact) mass is 536 g/mol. The molecular formula is C30H36N2O7. The third-order valence-corrected chi connectivity index (χ3v) is 7.87. The molecule has 1 unspecified atom stereocenters. The van der Waals surface area contributed by atoms with Gasteiger partial charge in [-0.3, -0.25) is 4.90 Å². The standard InChI is InChI=1S/C30H36N2O7/c1-28(2,3)39-26(35)31-17-30(18-31,25(33)34)32(16-29(4)13-14-37-19-29)27(36)38-15-24-22-11-7-5-9-20(22)21-10-6-8-12-23(21)24/h5-12,24H,13-19H2,1-4H3,(H,33,34). The van der Waals surface area contributed by atoms with Gasteiger partial charge in [0.05, 0.1) is 19.7 Å². The van der Waals surface area contributed by atoms with E-state index in [4.69, 9.17) is 14.2 Å². The van der Waals surface area contributed by atoms with Crippen molar-refractivity contribution in [2.45, 2.75) is 51.2 Å². The number of ether oxygens (including phenoxy) is 3. The van der Waals surface area contributed by atoms with Crippen molar-refractivity contribution in [2.75, 3.05) is 39.5 Å². The van der Waals surface area contributed by atoms with Gasteiger partial charge in [0.1, 0.15) is 12.2 Å². The molecule has 1 aliphatic carbocycles. The highest BCUT2D eigenvalue weighted by molar-refractivity contribution is 5.89. The van der Waals surface area contributed by atoms with Crippen molar-refractivity contribution in [3.05, 3.63) is 59.7 Å². The average Bonchev–Trinajstić information content (AvgIpc) is 3.41. The summed E-state index contributed by atoms with van der Waals surface area (Å²) >= 11 is 0. The number of fused-ring (bicyclic) bond motifs is 3. The molecule has 1 N–H and O–H groups in total. The normalized spacial score (nSPS) is 21.5. The second kappa shape index (κ2) is 9.86. The van der Waals surface area contributed by atoms with Gasteiger partial charge in [-0.05, 0) is 49.4 Å². The molecule has 3 aliphatic rings. The molecular weight excluding hydrogens is 500 g/mol. The van der Waals surface area contributed by atoms with E-state index in [1.165, 1.54) is 9.80 Å². The quantitative estimate of drug-likeness (QED) is 0.569. The molecule has 5 rings (SSSR count). The number of carboxylic acids is 1. The minimum Gasteiger partial charge on any atom is -0.479 e. The van der Waals surface area contributed by atoms with Crippen LogP contribution in [0.5, 0.6) is 0 Å². The lowest BCUT2D eigenvalue weighted by Gasteiger charge is -2.53. The second-order valence-electron chi connectivity index (χ2n) is 12.2. The van der Waals surface area contributed by atoms with Gasteiger partial charge < -0.3 is 24.2 Å². The second-order valence-corrected chi connectivity index (χ2v) is 12.2. The van der Waals surface area contributed by atoms with Gasteiger partial charge in [-0.1, -0.05) is 55.5 Å². The Kier molecular flexibility index (Phi) is 6.83. The lowest BCUT2D eigenvalue weighted by molar-refractivity contribution is -0.163. The van der Waals surface area contributed by atoms with E-state index >= 15 is 0 Å². The first kappa shape index (κ1) is 27.0. The number of carbonyl (C=O) groups is 3. The van der Waals surface area contributed by atoms with Gasteiger partial charge in [0.2, 0.25) is 0 Å². The summed E-state index contributed by atoms with van der Waals surface area (Å²) in [6, 6.07) is 16.1. The molecule has 1 atom stereocenters. The van der Waals surface area contributed by atoms with Crippen LogP contribution in [0.4, 0.5) is 9.59 Å². The first-order valence-electron chi connectivity index (χ1n) is 13.3. The van der Waals surface area contributed by atoms with Crippen molar-refractivity contribution in [1.29, 1.82) is 0 Å². The molecule has 0 saturated carbocycles. The zero-order chi connectivity index (χ0) is 28.0. The van der Waals surface area contributed by atoms with Gasteiger partial charge in [0, 0.05) is 24.5 Å². The number of hydrogen-bond acceptors (Lipinski definition) is 6. The minimum atomic E-state index is -1.62. The summed E-state index contributed by atoms with van der Waals surface area (Å²) in [6.07, 6.45) is -0.635. The first-order valence-corrected chi connectivity index (χ1v) is 13.3. The first-order chi connectivity index (χ1) is 18.4. The molecule has 2 aromatic rings. The van der Waals surface area contributed by atoms with Crippen LogP contribution in [0.15, 0.2) is 48.5 Å². The van der Waals surface area contributed by atoms with E-state index in [1.54, 1.807) is 20.8 Å². The smallest absolute Gasteiger partial charge is 0.410 e. The van der Waals surface area contributed by atoms with Crippen LogP contribution in [-0.4, -0.2) is 83.7 Å². The maximum Gasteiger partial charge on any atom is 0.410 e. The fourth-order valence-electron chi connectivity index (χ4n) is 5.74.